The summed E-state index contributed by atoms with van der Waals surface area (Å²) in [6.07, 6.45) is 1.28. The summed E-state index contributed by atoms with van der Waals surface area (Å²) in [5.41, 5.74) is 0.0782. The highest BCUT2D eigenvalue weighted by atomic mass is 35.5. The Morgan fingerprint density at radius 2 is 1.82 bits per heavy atom. The first-order valence-corrected chi connectivity index (χ1v) is 13.6. The third-order valence-corrected chi connectivity index (χ3v) is 9.95. The van der Waals surface area contributed by atoms with E-state index >= 15 is 0 Å². The van der Waals surface area contributed by atoms with Crippen LogP contribution in [0.4, 0.5) is 11.4 Å². The van der Waals surface area contributed by atoms with Crippen molar-refractivity contribution in [2.45, 2.75) is 22.0 Å². The largest absolute Gasteiger partial charge is 0.480 e. The molecule has 1 aromatic heterocycles. The van der Waals surface area contributed by atoms with E-state index < -0.39 is 36.0 Å². The van der Waals surface area contributed by atoms with Crippen molar-refractivity contribution in [2.24, 2.45) is 0 Å². The molecule has 0 bridgehead atoms. The zero-order chi connectivity index (χ0) is 24.0. The summed E-state index contributed by atoms with van der Waals surface area (Å²) in [6, 6.07) is 11.9. The van der Waals surface area contributed by atoms with Gasteiger partial charge in [-0.05, 0) is 36.6 Å². The van der Waals surface area contributed by atoms with Gasteiger partial charge < -0.3 is 9.52 Å². The molecule has 3 N–H and O–H groups in total. The molecule has 0 spiro atoms. The van der Waals surface area contributed by atoms with Gasteiger partial charge in [0.25, 0.3) is 10.0 Å². The van der Waals surface area contributed by atoms with E-state index in [1.807, 2.05) is 0 Å². The molecule has 0 amide bonds. The first-order chi connectivity index (χ1) is 15.4. The lowest BCUT2D eigenvalue weighted by Gasteiger charge is -2.28. The summed E-state index contributed by atoms with van der Waals surface area (Å²) in [5, 5.41) is 9.91. The molecule has 1 aliphatic heterocycles. The maximum atomic E-state index is 13.2. The molecule has 0 aliphatic carbocycles. The maximum Gasteiger partial charge on any atom is 0.319 e. The van der Waals surface area contributed by atoms with Crippen LogP contribution in [0.15, 0.2) is 69.5 Å². The van der Waals surface area contributed by atoms with Crippen molar-refractivity contribution in [3.05, 3.63) is 65.0 Å². The highest BCUT2D eigenvalue weighted by molar-refractivity contribution is 8.05. The molecule has 0 saturated heterocycles. The van der Waals surface area contributed by atoms with E-state index in [1.54, 1.807) is 24.3 Å². The molecule has 3 aromatic rings. The number of carboxylic acids is 1. The Kier molecular flexibility index (Phi) is 5.89. The fourth-order valence-corrected chi connectivity index (χ4v) is 7.39. The second kappa shape index (κ2) is 8.28. The third-order valence-electron chi connectivity index (χ3n) is 5.08. The molecule has 33 heavy (non-hydrogen) atoms. The molecule has 0 radical (unpaired) electrons. The number of aliphatic carboxylic acids is 1. The van der Waals surface area contributed by atoms with Crippen LogP contribution in [0.5, 0.6) is 0 Å². The average molecular weight is 529 g/mol. The van der Waals surface area contributed by atoms with Gasteiger partial charge in [0.05, 0.1) is 11.4 Å². The fourth-order valence-electron chi connectivity index (χ4n) is 3.24. The molecule has 1 aliphatic rings. The number of benzene rings is 2. The molecule has 9 nitrogen and oxygen atoms in total. The van der Waals surface area contributed by atoms with Crippen molar-refractivity contribution in [1.82, 2.24) is 0 Å². The predicted molar refractivity (Wildman–Crippen MR) is 128 cm³/mol. The van der Waals surface area contributed by atoms with Crippen molar-refractivity contribution in [2.75, 3.05) is 9.44 Å². The molecule has 2 atom stereocenters. The van der Waals surface area contributed by atoms with Gasteiger partial charge in [-0.2, -0.15) is 8.42 Å². The smallest absolute Gasteiger partial charge is 0.319 e. The number of fused-ring (bicyclic) bond motifs is 1. The lowest BCUT2D eigenvalue weighted by atomic mass is 10.1. The number of rotatable bonds is 7. The van der Waals surface area contributed by atoms with Gasteiger partial charge in [0.1, 0.15) is 15.6 Å². The summed E-state index contributed by atoms with van der Waals surface area (Å²) >= 11 is 6.89. The monoisotopic (exact) mass is 528 g/mol. The van der Waals surface area contributed by atoms with Crippen molar-refractivity contribution < 1.29 is 31.2 Å². The van der Waals surface area contributed by atoms with Crippen LogP contribution in [-0.2, 0) is 24.8 Å². The summed E-state index contributed by atoms with van der Waals surface area (Å²) in [6.45, 7) is 1.28. The second-order valence-corrected chi connectivity index (χ2v) is 12.5. The number of para-hydroxylation sites is 1. The van der Waals surface area contributed by atoms with Gasteiger partial charge in [-0.15, -0.1) is 11.8 Å². The molecule has 13 heteroatoms. The van der Waals surface area contributed by atoms with Gasteiger partial charge in [0.2, 0.25) is 15.1 Å². The molecule has 2 aromatic carbocycles. The van der Waals surface area contributed by atoms with Crippen LogP contribution < -0.4 is 9.44 Å². The third kappa shape index (κ3) is 4.31. The first kappa shape index (κ1) is 23.5. The number of nitrogens with one attached hydrogen (secondary N) is 2. The lowest BCUT2D eigenvalue weighted by molar-refractivity contribution is -0.136. The van der Waals surface area contributed by atoms with Gasteiger partial charge in [0, 0.05) is 16.5 Å². The number of carbonyl (C=O) groups is 1. The number of furan rings is 1. The average Bonchev–Trinajstić information content (AvgIpc) is 3.35. The Morgan fingerprint density at radius 3 is 2.52 bits per heavy atom. The standard InChI is InChI=1S/C20H17ClN2O7S3/c1-20(8-9-31-18(20)19(24)25)33(28,29)23-14-7-6-13(21)11-15(14)22-32(26,27)17-10-12-4-2-3-5-16(12)30-17/h2-11,18,22-23H,1H3,(H,24,25). The van der Waals surface area contributed by atoms with Gasteiger partial charge in [-0.3, -0.25) is 14.2 Å². The fraction of sp³-hybridized carbons (Fsp3) is 0.150. The lowest BCUT2D eigenvalue weighted by Crippen LogP contribution is -2.48. The van der Waals surface area contributed by atoms with Crippen LogP contribution in [-0.4, -0.2) is 37.9 Å². The quantitative estimate of drug-likeness (QED) is 0.416. The Labute approximate surface area is 198 Å². The van der Waals surface area contributed by atoms with Gasteiger partial charge in [-0.1, -0.05) is 35.9 Å². The van der Waals surface area contributed by atoms with Crippen LogP contribution in [0.1, 0.15) is 6.92 Å². The number of hydrogen-bond acceptors (Lipinski definition) is 7. The van der Waals surface area contributed by atoms with Crippen molar-refractivity contribution in [1.29, 1.82) is 0 Å². The molecule has 0 saturated carbocycles. The minimum Gasteiger partial charge on any atom is -0.480 e. The van der Waals surface area contributed by atoms with Gasteiger partial charge >= 0.3 is 5.97 Å². The minimum absolute atomic E-state index is 0.130. The molecule has 0 fully saturated rings. The highest BCUT2D eigenvalue weighted by Gasteiger charge is 2.51. The number of thioether (sulfide) groups is 1. The molecule has 2 heterocycles. The molecule has 2 unspecified atom stereocenters. The Hall–Kier alpha value is -2.67. The topological polar surface area (TPSA) is 143 Å². The van der Waals surface area contributed by atoms with Crippen molar-refractivity contribution in [3.63, 3.8) is 0 Å². The second-order valence-electron chi connectivity index (χ2n) is 7.35. The van der Waals surface area contributed by atoms with E-state index in [2.05, 4.69) is 9.44 Å². The number of halogens is 1. The van der Waals surface area contributed by atoms with E-state index in [0.717, 1.165) is 11.8 Å². The zero-order valence-electron chi connectivity index (χ0n) is 16.9. The van der Waals surface area contributed by atoms with Crippen molar-refractivity contribution >= 4 is 71.7 Å². The van der Waals surface area contributed by atoms with Crippen molar-refractivity contribution in [3.8, 4) is 0 Å². The van der Waals surface area contributed by atoms with E-state index in [0.29, 0.717) is 11.0 Å². The normalized spacial score (nSPS) is 20.7. The van der Waals surface area contributed by atoms with Crippen LogP contribution in [0, 0.1) is 0 Å². The van der Waals surface area contributed by atoms with E-state index in [4.69, 9.17) is 16.0 Å². The van der Waals surface area contributed by atoms with E-state index in [1.165, 1.54) is 42.7 Å². The first-order valence-electron chi connectivity index (χ1n) is 9.32. The number of hydrogen-bond donors (Lipinski definition) is 3. The van der Waals surface area contributed by atoms with Gasteiger partial charge in [-0.25, -0.2) is 8.42 Å². The van der Waals surface area contributed by atoms with Gasteiger partial charge in [0.15, 0.2) is 0 Å². The Balaban J connectivity index is 1.70. The number of sulfonamides is 2. The Morgan fingerprint density at radius 1 is 1.09 bits per heavy atom. The predicted octanol–water partition coefficient (Wildman–Crippen LogP) is 4.10. The van der Waals surface area contributed by atoms with E-state index in [-0.39, 0.29) is 21.5 Å². The van der Waals surface area contributed by atoms with Crippen LogP contribution in [0.2, 0.25) is 5.02 Å². The summed E-state index contributed by atoms with van der Waals surface area (Å²) in [5.74, 6) is -1.29. The van der Waals surface area contributed by atoms with Crippen LogP contribution in [0.25, 0.3) is 11.0 Å². The minimum atomic E-state index is -4.32. The zero-order valence-corrected chi connectivity index (χ0v) is 20.1. The summed E-state index contributed by atoms with van der Waals surface area (Å²) < 4.78 is 60.4. The SMILES string of the molecule is CC1(S(=O)(=O)Nc2ccc(Cl)cc2NS(=O)(=O)c2cc3ccccc3o2)C=CSC1C(=O)O. The van der Waals surface area contributed by atoms with E-state index in [9.17, 15) is 26.7 Å². The Bertz CT molecular complexity index is 1470. The molecular weight excluding hydrogens is 512 g/mol. The van der Waals surface area contributed by atoms with Crippen LogP contribution >= 0.6 is 23.4 Å². The number of anilines is 2. The molecule has 174 valence electrons. The summed E-state index contributed by atoms with van der Waals surface area (Å²) in [7, 11) is -8.57. The number of carboxylic acid groups (broad SMARTS) is 1. The molecular formula is C20H17ClN2O7S3. The highest BCUT2D eigenvalue weighted by Crippen LogP contribution is 2.41. The molecule has 4 rings (SSSR count). The summed E-state index contributed by atoms with van der Waals surface area (Å²) in [4.78, 5) is 11.6. The van der Waals surface area contributed by atoms with Crippen LogP contribution in [0.3, 0.4) is 0 Å². The maximum absolute atomic E-state index is 13.2.